The molecule has 3 amide bonds. The summed E-state index contributed by atoms with van der Waals surface area (Å²) >= 11 is 1.38. The Labute approximate surface area is 144 Å². The number of hydrogen-bond acceptors (Lipinski definition) is 4. The SMILES string of the molecule is O=C1NCCN1CC1CCN(C(=O)c2nsc3ccccc23)CC1. The maximum Gasteiger partial charge on any atom is 0.317 e. The summed E-state index contributed by atoms with van der Waals surface area (Å²) in [6, 6.07) is 7.92. The quantitative estimate of drug-likeness (QED) is 0.928. The number of piperidine rings is 1. The van der Waals surface area contributed by atoms with Crippen LogP contribution < -0.4 is 5.32 Å². The summed E-state index contributed by atoms with van der Waals surface area (Å²) in [5.41, 5.74) is 0.577. The standard InChI is InChI=1S/C17H20N4O2S/c22-16(15-13-3-1-2-4-14(13)24-19-15)20-8-5-12(6-9-20)11-21-10-7-18-17(21)23/h1-4,12H,5-11H2,(H,18,23). The fraction of sp³-hybridized carbons (Fsp3) is 0.471. The van der Waals surface area contributed by atoms with E-state index in [-0.39, 0.29) is 11.9 Å². The van der Waals surface area contributed by atoms with Gasteiger partial charge in [-0.25, -0.2) is 4.79 Å². The Kier molecular flexibility index (Phi) is 4.10. The number of nitrogens with zero attached hydrogens (tertiary/aromatic N) is 3. The maximum absolute atomic E-state index is 12.8. The molecule has 0 spiro atoms. The van der Waals surface area contributed by atoms with Crippen LogP contribution >= 0.6 is 11.5 Å². The molecule has 4 rings (SSSR count). The average molecular weight is 344 g/mol. The van der Waals surface area contributed by atoms with Gasteiger partial charge in [0.25, 0.3) is 5.91 Å². The van der Waals surface area contributed by atoms with E-state index in [1.54, 1.807) is 0 Å². The highest BCUT2D eigenvalue weighted by molar-refractivity contribution is 7.13. The molecule has 2 aliphatic rings. The monoisotopic (exact) mass is 344 g/mol. The number of fused-ring (bicyclic) bond motifs is 1. The van der Waals surface area contributed by atoms with Crippen LogP contribution in [0.3, 0.4) is 0 Å². The molecule has 0 radical (unpaired) electrons. The van der Waals surface area contributed by atoms with E-state index in [2.05, 4.69) is 9.69 Å². The number of urea groups is 1. The van der Waals surface area contributed by atoms with E-state index in [1.807, 2.05) is 34.1 Å². The lowest BCUT2D eigenvalue weighted by molar-refractivity contribution is 0.0674. The number of likely N-dealkylation sites (tertiary alicyclic amines) is 1. The Morgan fingerprint density at radius 3 is 2.79 bits per heavy atom. The van der Waals surface area contributed by atoms with Crippen LogP contribution in [0.1, 0.15) is 23.3 Å². The molecule has 0 unspecified atom stereocenters. The molecule has 2 fully saturated rings. The molecular formula is C17H20N4O2S. The molecule has 3 heterocycles. The van der Waals surface area contributed by atoms with Crippen molar-refractivity contribution in [3.63, 3.8) is 0 Å². The van der Waals surface area contributed by atoms with Crippen molar-refractivity contribution in [3.8, 4) is 0 Å². The number of nitrogens with one attached hydrogen (secondary N) is 1. The summed E-state index contributed by atoms with van der Waals surface area (Å²) in [6.45, 7) is 3.82. The van der Waals surface area contributed by atoms with Gasteiger partial charge in [0.2, 0.25) is 0 Å². The molecule has 1 N–H and O–H groups in total. The van der Waals surface area contributed by atoms with Gasteiger partial charge in [0.15, 0.2) is 0 Å². The maximum atomic E-state index is 12.8. The Morgan fingerprint density at radius 1 is 1.25 bits per heavy atom. The van der Waals surface area contributed by atoms with Gasteiger partial charge in [0.05, 0.1) is 4.70 Å². The summed E-state index contributed by atoms with van der Waals surface area (Å²) in [7, 11) is 0. The van der Waals surface area contributed by atoms with Crippen molar-refractivity contribution in [3.05, 3.63) is 30.0 Å². The van der Waals surface area contributed by atoms with E-state index < -0.39 is 0 Å². The topological polar surface area (TPSA) is 65.5 Å². The number of benzene rings is 1. The van der Waals surface area contributed by atoms with Crippen LogP contribution in [0, 0.1) is 5.92 Å². The fourth-order valence-electron chi connectivity index (χ4n) is 3.51. The van der Waals surface area contributed by atoms with Crippen molar-refractivity contribution in [2.45, 2.75) is 12.8 Å². The molecule has 6 nitrogen and oxygen atoms in total. The summed E-state index contributed by atoms with van der Waals surface area (Å²) < 4.78 is 5.42. The van der Waals surface area contributed by atoms with Gasteiger partial charge in [0.1, 0.15) is 5.69 Å². The second-order valence-electron chi connectivity index (χ2n) is 6.44. The molecule has 0 aliphatic carbocycles. The molecule has 126 valence electrons. The lowest BCUT2D eigenvalue weighted by Gasteiger charge is -2.33. The van der Waals surface area contributed by atoms with Crippen LogP contribution in [0.4, 0.5) is 4.79 Å². The van der Waals surface area contributed by atoms with Gasteiger partial charge in [0, 0.05) is 38.1 Å². The van der Waals surface area contributed by atoms with Gasteiger partial charge >= 0.3 is 6.03 Å². The molecule has 0 atom stereocenters. The summed E-state index contributed by atoms with van der Waals surface area (Å²) in [5.74, 6) is 0.509. The zero-order valence-corrected chi connectivity index (χ0v) is 14.2. The largest absolute Gasteiger partial charge is 0.337 e. The van der Waals surface area contributed by atoms with Crippen LogP contribution in [0.2, 0.25) is 0 Å². The Balaban J connectivity index is 1.38. The first-order chi connectivity index (χ1) is 11.7. The van der Waals surface area contributed by atoms with Crippen molar-refractivity contribution in [2.75, 3.05) is 32.7 Å². The summed E-state index contributed by atoms with van der Waals surface area (Å²) in [6.07, 6.45) is 1.88. The Bertz CT molecular complexity index is 767. The predicted octanol–water partition coefficient (Wildman–Crippen LogP) is 2.17. The number of amides is 3. The molecule has 2 saturated heterocycles. The minimum atomic E-state index is 0.0322. The zero-order chi connectivity index (χ0) is 16.5. The highest BCUT2D eigenvalue weighted by atomic mass is 32.1. The zero-order valence-electron chi connectivity index (χ0n) is 13.4. The predicted molar refractivity (Wildman–Crippen MR) is 93.2 cm³/mol. The van der Waals surface area contributed by atoms with Crippen LogP contribution in [0.15, 0.2) is 24.3 Å². The highest BCUT2D eigenvalue weighted by Gasteiger charge is 2.29. The van der Waals surface area contributed by atoms with E-state index in [9.17, 15) is 9.59 Å². The lowest BCUT2D eigenvalue weighted by Crippen LogP contribution is -2.42. The van der Waals surface area contributed by atoms with Crippen LogP contribution in [-0.2, 0) is 0 Å². The molecule has 2 aliphatic heterocycles. The first-order valence-corrected chi connectivity index (χ1v) is 9.16. The molecule has 7 heteroatoms. The normalized spacial score (nSPS) is 19.1. The van der Waals surface area contributed by atoms with E-state index in [0.29, 0.717) is 11.6 Å². The van der Waals surface area contributed by atoms with Crippen LogP contribution in [0.25, 0.3) is 10.1 Å². The molecule has 2 aromatic rings. The first kappa shape index (κ1) is 15.4. The van der Waals surface area contributed by atoms with E-state index in [1.165, 1.54) is 11.5 Å². The highest BCUT2D eigenvalue weighted by Crippen LogP contribution is 2.26. The van der Waals surface area contributed by atoms with Gasteiger partial charge in [-0.2, -0.15) is 4.37 Å². The van der Waals surface area contributed by atoms with E-state index in [4.69, 9.17) is 0 Å². The molecule has 1 aromatic carbocycles. The van der Waals surface area contributed by atoms with Crippen LogP contribution in [0.5, 0.6) is 0 Å². The van der Waals surface area contributed by atoms with Gasteiger partial charge in [-0.3, -0.25) is 4.79 Å². The Hall–Kier alpha value is -2.15. The second kappa shape index (κ2) is 6.39. The van der Waals surface area contributed by atoms with Gasteiger partial charge in [-0.1, -0.05) is 18.2 Å². The van der Waals surface area contributed by atoms with Crippen molar-refractivity contribution < 1.29 is 9.59 Å². The number of rotatable bonds is 3. The van der Waals surface area contributed by atoms with Crippen molar-refractivity contribution >= 4 is 33.6 Å². The van der Waals surface area contributed by atoms with E-state index in [0.717, 1.165) is 55.7 Å². The van der Waals surface area contributed by atoms with Gasteiger partial charge < -0.3 is 15.1 Å². The number of aromatic nitrogens is 1. The van der Waals surface area contributed by atoms with Crippen molar-refractivity contribution in [1.82, 2.24) is 19.5 Å². The molecule has 0 saturated carbocycles. The number of carbonyl (C=O) groups excluding carboxylic acids is 2. The number of hydrogen-bond donors (Lipinski definition) is 1. The number of carbonyl (C=O) groups is 2. The van der Waals surface area contributed by atoms with Gasteiger partial charge in [-0.05, 0) is 36.4 Å². The fourth-order valence-corrected chi connectivity index (χ4v) is 4.27. The minimum absolute atomic E-state index is 0.0322. The molecule has 1 aromatic heterocycles. The smallest absolute Gasteiger partial charge is 0.317 e. The van der Waals surface area contributed by atoms with Crippen molar-refractivity contribution in [2.24, 2.45) is 5.92 Å². The summed E-state index contributed by atoms with van der Waals surface area (Å²) in [4.78, 5) is 28.2. The third-order valence-corrected chi connectivity index (χ3v) is 5.73. The summed E-state index contributed by atoms with van der Waals surface area (Å²) in [5, 5.41) is 3.78. The third-order valence-electron chi connectivity index (χ3n) is 4.91. The molecule has 0 bridgehead atoms. The first-order valence-electron chi connectivity index (χ1n) is 8.39. The lowest BCUT2D eigenvalue weighted by atomic mass is 9.96. The average Bonchev–Trinajstić information content (AvgIpc) is 3.21. The second-order valence-corrected chi connectivity index (χ2v) is 7.25. The molecular weight excluding hydrogens is 324 g/mol. The van der Waals surface area contributed by atoms with Crippen LogP contribution in [-0.4, -0.2) is 58.8 Å². The van der Waals surface area contributed by atoms with E-state index >= 15 is 0 Å². The van der Waals surface area contributed by atoms with Gasteiger partial charge in [-0.15, -0.1) is 0 Å². The molecule has 24 heavy (non-hydrogen) atoms. The Morgan fingerprint density at radius 2 is 2.04 bits per heavy atom. The third kappa shape index (κ3) is 2.84. The minimum Gasteiger partial charge on any atom is -0.337 e. The van der Waals surface area contributed by atoms with Crippen molar-refractivity contribution in [1.29, 1.82) is 0 Å².